The van der Waals surface area contributed by atoms with Crippen molar-refractivity contribution in [3.8, 4) is 0 Å². The van der Waals surface area contributed by atoms with Gasteiger partial charge in [0.05, 0.1) is 11.2 Å². The van der Waals surface area contributed by atoms with E-state index in [2.05, 4.69) is 58.3 Å². The first-order valence-corrected chi connectivity index (χ1v) is 7.22. The number of hydrogen-bond donors (Lipinski definition) is 1. The van der Waals surface area contributed by atoms with E-state index >= 15 is 0 Å². The molecule has 0 aliphatic heterocycles. The topological polar surface area (TPSA) is 24.9 Å². The molecule has 0 aliphatic rings. The van der Waals surface area contributed by atoms with Crippen LogP contribution in [0.5, 0.6) is 0 Å². The van der Waals surface area contributed by atoms with Crippen LogP contribution in [0.1, 0.15) is 29.1 Å². The lowest BCUT2D eigenvalue weighted by atomic mass is 10.1. The molecule has 4 heteroatoms. The van der Waals surface area contributed by atoms with Crippen LogP contribution >= 0.6 is 27.3 Å². The summed E-state index contributed by atoms with van der Waals surface area (Å²) >= 11 is 5.20. The highest BCUT2D eigenvalue weighted by Crippen LogP contribution is 2.19. The van der Waals surface area contributed by atoms with Gasteiger partial charge in [-0.05, 0) is 31.5 Å². The molecule has 1 N–H and O–H groups in total. The second kappa shape index (κ2) is 5.76. The molecule has 0 saturated heterocycles. The van der Waals surface area contributed by atoms with E-state index in [-0.39, 0.29) is 0 Å². The Balaban J connectivity index is 1.98. The number of hydrogen-bond acceptors (Lipinski definition) is 3. The van der Waals surface area contributed by atoms with Crippen molar-refractivity contribution >= 4 is 27.3 Å². The molecule has 0 amide bonds. The molecular formula is C13H15BrN2S. The SMILES string of the molecule is Cc1ncsc1CN[C@H](C)c1cccc(Br)c1. The molecule has 1 atom stereocenters. The van der Waals surface area contributed by atoms with Crippen molar-refractivity contribution in [3.05, 3.63) is 50.4 Å². The number of halogens is 1. The van der Waals surface area contributed by atoms with E-state index in [1.165, 1.54) is 10.4 Å². The van der Waals surface area contributed by atoms with Gasteiger partial charge >= 0.3 is 0 Å². The van der Waals surface area contributed by atoms with Gasteiger partial charge in [0, 0.05) is 21.9 Å². The van der Waals surface area contributed by atoms with Gasteiger partial charge in [-0.2, -0.15) is 0 Å². The van der Waals surface area contributed by atoms with Crippen LogP contribution in [0.15, 0.2) is 34.2 Å². The minimum absolute atomic E-state index is 0.342. The Morgan fingerprint density at radius 1 is 1.47 bits per heavy atom. The van der Waals surface area contributed by atoms with E-state index < -0.39 is 0 Å². The second-order valence-corrected chi connectivity index (χ2v) is 5.87. The van der Waals surface area contributed by atoms with Crippen LogP contribution in [-0.2, 0) is 6.54 Å². The Morgan fingerprint density at radius 2 is 2.29 bits per heavy atom. The molecule has 2 aromatic rings. The van der Waals surface area contributed by atoms with E-state index in [1.54, 1.807) is 11.3 Å². The van der Waals surface area contributed by atoms with Crippen LogP contribution in [0.3, 0.4) is 0 Å². The smallest absolute Gasteiger partial charge is 0.0798 e. The maximum atomic E-state index is 4.25. The number of nitrogens with one attached hydrogen (secondary N) is 1. The highest BCUT2D eigenvalue weighted by molar-refractivity contribution is 9.10. The number of rotatable bonds is 4. The number of benzene rings is 1. The summed E-state index contributed by atoms with van der Waals surface area (Å²) in [6.07, 6.45) is 0. The van der Waals surface area contributed by atoms with Gasteiger partial charge in [-0.1, -0.05) is 28.1 Å². The third-order valence-corrected chi connectivity index (χ3v) is 4.19. The van der Waals surface area contributed by atoms with Crippen LogP contribution < -0.4 is 5.32 Å². The highest BCUT2D eigenvalue weighted by Gasteiger charge is 2.07. The van der Waals surface area contributed by atoms with Crippen LogP contribution in [0, 0.1) is 6.92 Å². The Kier molecular flexibility index (Phi) is 4.31. The molecule has 90 valence electrons. The molecular weight excluding hydrogens is 296 g/mol. The number of aryl methyl sites for hydroxylation is 1. The number of aromatic nitrogens is 1. The first-order chi connectivity index (χ1) is 8.16. The van der Waals surface area contributed by atoms with Crippen LogP contribution in [0.25, 0.3) is 0 Å². The molecule has 2 rings (SSSR count). The minimum atomic E-state index is 0.342. The fraction of sp³-hybridized carbons (Fsp3) is 0.308. The summed E-state index contributed by atoms with van der Waals surface area (Å²) in [6.45, 7) is 5.11. The monoisotopic (exact) mass is 310 g/mol. The van der Waals surface area contributed by atoms with Crippen LogP contribution in [-0.4, -0.2) is 4.98 Å². The highest BCUT2D eigenvalue weighted by atomic mass is 79.9. The molecule has 2 nitrogen and oxygen atoms in total. The minimum Gasteiger partial charge on any atom is -0.305 e. The normalized spacial score (nSPS) is 12.6. The number of thiazole rings is 1. The average molecular weight is 311 g/mol. The van der Waals surface area contributed by atoms with E-state index in [4.69, 9.17) is 0 Å². The maximum absolute atomic E-state index is 4.25. The average Bonchev–Trinajstić information content (AvgIpc) is 2.72. The first-order valence-electron chi connectivity index (χ1n) is 5.54. The van der Waals surface area contributed by atoms with Crippen molar-refractivity contribution in [2.24, 2.45) is 0 Å². The standard InChI is InChI=1S/C13H15BrN2S/c1-9(11-4-3-5-12(14)6-11)15-7-13-10(2)16-8-17-13/h3-6,8-9,15H,7H2,1-2H3/t9-/m1/s1. The molecule has 0 unspecified atom stereocenters. The molecule has 0 fully saturated rings. The van der Waals surface area contributed by atoms with Gasteiger partial charge in [0.1, 0.15) is 0 Å². The predicted octanol–water partition coefficient (Wildman–Crippen LogP) is 4.06. The molecule has 0 bridgehead atoms. The fourth-order valence-electron chi connectivity index (χ4n) is 1.64. The van der Waals surface area contributed by atoms with Gasteiger partial charge in [-0.3, -0.25) is 0 Å². The van der Waals surface area contributed by atoms with Crippen molar-refractivity contribution in [1.29, 1.82) is 0 Å². The van der Waals surface area contributed by atoms with Crippen molar-refractivity contribution in [1.82, 2.24) is 10.3 Å². The van der Waals surface area contributed by atoms with Crippen LogP contribution in [0.2, 0.25) is 0 Å². The van der Waals surface area contributed by atoms with Crippen LogP contribution in [0.4, 0.5) is 0 Å². The maximum Gasteiger partial charge on any atom is 0.0798 e. The van der Waals surface area contributed by atoms with Crippen molar-refractivity contribution in [2.75, 3.05) is 0 Å². The zero-order valence-electron chi connectivity index (χ0n) is 9.90. The lowest BCUT2D eigenvalue weighted by molar-refractivity contribution is 0.577. The lowest BCUT2D eigenvalue weighted by Crippen LogP contribution is -2.17. The van der Waals surface area contributed by atoms with Gasteiger partial charge < -0.3 is 5.32 Å². The molecule has 1 heterocycles. The molecule has 0 saturated carbocycles. The zero-order chi connectivity index (χ0) is 12.3. The predicted molar refractivity (Wildman–Crippen MR) is 76.2 cm³/mol. The largest absolute Gasteiger partial charge is 0.305 e. The Hall–Kier alpha value is -0.710. The van der Waals surface area contributed by atoms with E-state index in [1.807, 2.05) is 11.6 Å². The first kappa shape index (κ1) is 12.7. The summed E-state index contributed by atoms with van der Waals surface area (Å²) in [7, 11) is 0. The van der Waals surface area contributed by atoms with Crippen molar-refractivity contribution < 1.29 is 0 Å². The molecule has 0 radical (unpaired) electrons. The van der Waals surface area contributed by atoms with Gasteiger partial charge in [0.2, 0.25) is 0 Å². The Bertz CT molecular complexity index is 496. The lowest BCUT2D eigenvalue weighted by Gasteiger charge is -2.14. The molecule has 0 aliphatic carbocycles. The molecule has 17 heavy (non-hydrogen) atoms. The van der Waals surface area contributed by atoms with E-state index in [9.17, 15) is 0 Å². The van der Waals surface area contributed by atoms with Gasteiger partial charge in [0.15, 0.2) is 0 Å². The third kappa shape index (κ3) is 3.37. The fourth-order valence-corrected chi connectivity index (χ4v) is 2.78. The summed E-state index contributed by atoms with van der Waals surface area (Å²) in [5.41, 5.74) is 4.32. The molecule has 1 aromatic heterocycles. The zero-order valence-corrected chi connectivity index (χ0v) is 12.3. The Labute approximate surface area is 114 Å². The summed E-state index contributed by atoms with van der Waals surface area (Å²) in [6, 6.07) is 8.74. The summed E-state index contributed by atoms with van der Waals surface area (Å²) < 4.78 is 1.12. The second-order valence-electron chi connectivity index (χ2n) is 4.02. The summed E-state index contributed by atoms with van der Waals surface area (Å²) in [5.74, 6) is 0. The van der Waals surface area contributed by atoms with E-state index in [0.29, 0.717) is 6.04 Å². The van der Waals surface area contributed by atoms with Gasteiger partial charge in [0.25, 0.3) is 0 Å². The summed E-state index contributed by atoms with van der Waals surface area (Å²) in [4.78, 5) is 5.56. The number of nitrogens with zero attached hydrogens (tertiary/aromatic N) is 1. The van der Waals surface area contributed by atoms with Gasteiger partial charge in [-0.15, -0.1) is 11.3 Å². The molecule has 1 aromatic carbocycles. The van der Waals surface area contributed by atoms with Crippen molar-refractivity contribution in [3.63, 3.8) is 0 Å². The Morgan fingerprint density at radius 3 is 2.94 bits per heavy atom. The van der Waals surface area contributed by atoms with Gasteiger partial charge in [-0.25, -0.2) is 4.98 Å². The van der Waals surface area contributed by atoms with E-state index in [0.717, 1.165) is 16.7 Å². The molecule has 0 spiro atoms. The van der Waals surface area contributed by atoms with Crippen molar-refractivity contribution in [2.45, 2.75) is 26.4 Å². The summed E-state index contributed by atoms with van der Waals surface area (Å²) in [5, 5.41) is 3.52. The third-order valence-electron chi connectivity index (χ3n) is 2.76. The quantitative estimate of drug-likeness (QED) is 0.921.